The molecule has 0 aromatic carbocycles. The number of nitrogens with one attached hydrogen (secondary N) is 2. The van der Waals surface area contributed by atoms with Crippen molar-refractivity contribution in [1.29, 1.82) is 0 Å². The number of nitrogens with zero attached hydrogens (tertiary/aromatic N) is 1. The third kappa shape index (κ3) is 6.02. The minimum Gasteiger partial charge on any atom is -0.391 e. The Balaban J connectivity index is 2.61. The molecule has 5 nitrogen and oxygen atoms in total. The van der Waals surface area contributed by atoms with Crippen LogP contribution in [-0.2, 0) is 0 Å². The van der Waals surface area contributed by atoms with Gasteiger partial charge in [-0.25, -0.2) is 4.79 Å². The topological polar surface area (TPSA) is 74.2 Å². The molecule has 124 valence electrons. The molecule has 0 saturated carbocycles. The van der Waals surface area contributed by atoms with E-state index in [0.717, 1.165) is 11.3 Å². The molecule has 1 heterocycles. The van der Waals surface area contributed by atoms with Crippen LogP contribution in [0.5, 0.6) is 0 Å². The number of aromatic nitrogens is 1. The zero-order valence-corrected chi connectivity index (χ0v) is 14.3. The summed E-state index contributed by atoms with van der Waals surface area (Å²) >= 11 is 0. The lowest BCUT2D eigenvalue weighted by atomic mass is 9.97. The van der Waals surface area contributed by atoms with Gasteiger partial charge in [-0.3, -0.25) is 4.98 Å². The van der Waals surface area contributed by atoms with Crippen LogP contribution in [0.15, 0.2) is 18.3 Å². The van der Waals surface area contributed by atoms with E-state index in [4.69, 9.17) is 0 Å². The highest BCUT2D eigenvalue weighted by molar-refractivity contribution is 5.74. The number of urea groups is 1. The van der Waals surface area contributed by atoms with Crippen molar-refractivity contribution in [3.63, 3.8) is 0 Å². The average molecular weight is 307 g/mol. The van der Waals surface area contributed by atoms with Crippen molar-refractivity contribution in [2.24, 2.45) is 11.8 Å². The number of carbonyl (C=O) groups excluding carboxylic acids is 1. The predicted octanol–water partition coefficient (Wildman–Crippen LogP) is 2.79. The maximum Gasteiger partial charge on any atom is 0.315 e. The molecule has 0 aliphatic rings. The normalized spacial score (nSPS) is 14.0. The molecule has 0 radical (unpaired) electrons. The fourth-order valence-corrected chi connectivity index (χ4v) is 2.40. The first-order valence-electron chi connectivity index (χ1n) is 7.95. The summed E-state index contributed by atoms with van der Waals surface area (Å²) in [6.07, 6.45) is 1.90. The van der Waals surface area contributed by atoms with Crippen LogP contribution in [0, 0.1) is 18.8 Å². The fourth-order valence-electron chi connectivity index (χ4n) is 2.40. The average Bonchev–Trinajstić information content (AvgIpc) is 2.42. The lowest BCUT2D eigenvalue weighted by Gasteiger charge is -2.24. The highest BCUT2D eigenvalue weighted by Crippen LogP contribution is 2.22. The number of aliphatic hydroxyl groups excluding tert-OH is 1. The van der Waals surface area contributed by atoms with Gasteiger partial charge in [0.15, 0.2) is 0 Å². The Morgan fingerprint density at radius 2 is 2.00 bits per heavy atom. The number of amides is 2. The highest BCUT2D eigenvalue weighted by atomic mass is 16.3. The van der Waals surface area contributed by atoms with Crippen LogP contribution in [-0.4, -0.2) is 28.8 Å². The van der Waals surface area contributed by atoms with Crippen molar-refractivity contribution < 1.29 is 9.90 Å². The summed E-state index contributed by atoms with van der Waals surface area (Å²) < 4.78 is 0. The van der Waals surface area contributed by atoms with E-state index in [1.807, 2.05) is 46.8 Å². The molecule has 22 heavy (non-hydrogen) atoms. The van der Waals surface area contributed by atoms with Crippen LogP contribution in [0.1, 0.15) is 51.4 Å². The molecule has 0 saturated heterocycles. The summed E-state index contributed by atoms with van der Waals surface area (Å²) in [7, 11) is 0. The van der Waals surface area contributed by atoms with Gasteiger partial charge in [-0.1, -0.05) is 33.8 Å². The third-order valence-electron chi connectivity index (χ3n) is 3.54. The van der Waals surface area contributed by atoms with Crippen molar-refractivity contribution in [3.05, 3.63) is 29.6 Å². The summed E-state index contributed by atoms with van der Waals surface area (Å²) in [5.41, 5.74) is 1.94. The summed E-state index contributed by atoms with van der Waals surface area (Å²) in [6.45, 7) is 10.4. The minimum absolute atomic E-state index is 0.150. The zero-order valence-electron chi connectivity index (χ0n) is 14.3. The van der Waals surface area contributed by atoms with E-state index in [2.05, 4.69) is 15.6 Å². The zero-order chi connectivity index (χ0) is 16.7. The van der Waals surface area contributed by atoms with Gasteiger partial charge in [0.2, 0.25) is 0 Å². The Kier molecular flexibility index (Phi) is 7.32. The molecular weight excluding hydrogens is 278 g/mol. The Labute approximate surface area is 133 Å². The van der Waals surface area contributed by atoms with E-state index in [0.29, 0.717) is 12.3 Å². The molecule has 2 atom stereocenters. The van der Waals surface area contributed by atoms with Crippen LogP contribution in [0.2, 0.25) is 0 Å². The van der Waals surface area contributed by atoms with Crippen molar-refractivity contribution in [2.45, 2.75) is 53.2 Å². The van der Waals surface area contributed by atoms with Gasteiger partial charge in [0, 0.05) is 12.7 Å². The second-order valence-corrected chi connectivity index (χ2v) is 6.56. The molecule has 5 heteroatoms. The molecule has 0 fully saturated rings. The van der Waals surface area contributed by atoms with Crippen LogP contribution in [0.3, 0.4) is 0 Å². The molecule has 2 unspecified atom stereocenters. The molecule has 1 aromatic heterocycles. The van der Waals surface area contributed by atoms with Gasteiger partial charge in [-0.15, -0.1) is 0 Å². The predicted molar refractivity (Wildman–Crippen MR) is 88.5 cm³/mol. The maximum atomic E-state index is 12.1. The molecule has 1 aromatic rings. The number of hydrogen-bond donors (Lipinski definition) is 3. The first-order valence-corrected chi connectivity index (χ1v) is 7.95. The molecule has 3 N–H and O–H groups in total. The van der Waals surface area contributed by atoms with Crippen LogP contribution in [0.25, 0.3) is 0 Å². The quantitative estimate of drug-likeness (QED) is 0.725. The van der Waals surface area contributed by atoms with Crippen molar-refractivity contribution in [2.75, 3.05) is 6.54 Å². The lowest BCUT2D eigenvalue weighted by molar-refractivity contribution is 0.146. The molecule has 0 spiro atoms. The number of aryl methyl sites for hydroxylation is 1. The molecular formula is C17H29N3O2. The van der Waals surface area contributed by atoms with Gasteiger partial charge < -0.3 is 15.7 Å². The first-order chi connectivity index (χ1) is 10.3. The molecule has 1 rings (SSSR count). The lowest BCUT2D eigenvalue weighted by Crippen LogP contribution is -2.43. The smallest absolute Gasteiger partial charge is 0.315 e. The first kappa shape index (κ1) is 18.4. The van der Waals surface area contributed by atoms with Gasteiger partial charge >= 0.3 is 6.03 Å². The van der Waals surface area contributed by atoms with E-state index < -0.39 is 6.10 Å². The van der Waals surface area contributed by atoms with Crippen LogP contribution >= 0.6 is 0 Å². The second kappa shape index (κ2) is 8.73. The number of aliphatic hydroxyl groups is 1. The van der Waals surface area contributed by atoms with Crippen LogP contribution < -0.4 is 10.6 Å². The standard InChI is InChI=1S/C17H29N3O2/c1-11(2)9-14(21)10-19-17(22)20-15(12(3)4)16-13(5)7-6-8-18-16/h6-8,11-12,14-15,21H,9-10H2,1-5H3,(H2,19,20,22). The summed E-state index contributed by atoms with van der Waals surface area (Å²) in [5.74, 6) is 0.624. The highest BCUT2D eigenvalue weighted by Gasteiger charge is 2.21. The van der Waals surface area contributed by atoms with Gasteiger partial charge in [0.05, 0.1) is 17.8 Å². The summed E-state index contributed by atoms with van der Waals surface area (Å²) in [6, 6.07) is 3.46. The molecule has 0 aliphatic heterocycles. The van der Waals surface area contributed by atoms with Crippen LogP contribution in [0.4, 0.5) is 4.79 Å². The largest absolute Gasteiger partial charge is 0.391 e. The van der Waals surface area contributed by atoms with E-state index in [-0.39, 0.29) is 24.5 Å². The minimum atomic E-state index is -0.514. The van der Waals surface area contributed by atoms with Gasteiger partial charge in [0.1, 0.15) is 0 Å². The second-order valence-electron chi connectivity index (χ2n) is 6.56. The SMILES string of the molecule is Cc1cccnc1C(NC(=O)NCC(O)CC(C)C)C(C)C. The number of hydrogen-bond acceptors (Lipinski definition) is 3. The maximum absolute atomic E-state index is 12.1. The Morgan fingerprint density at radius 1 is 1.32 bits per heavy atom. The number of carbonyl (C=O) groups is 1. The van der Waals surface area contributed by atoms with Crippen molar-refractivity contribution in [1.82, 2.24) is 15.6 Å². The van der Waals surface area contributed by atoms with Gasteiger partial charge in [0.25, 0.3) is 0 Å². The van der Waals surface area contributed by atoms with Gasteiger partial charge in [-0.05, 0) is 36.8 Å². The van der Waals surface area contributed by atoms with Gasteiger partial charge in [-0.2, -0.15) is 0 Å². The van der Waals surface area contributed by atoms with Crippen molar-refractivity contribution in [3.8, 4) is 0 Å². The Hall–Kier alpha value is -1.62. The van der Waals surface area contributed by atoms with E-state index in [9.17, 15) is 9.90 Å². The molecule has 0 bridgehead atoms. The summed E-state index contributed by atoms with van der Waals surface area (Å²) in [4.78, 5) is 16.5. The summed E-state index contributed by atoms with van der Waals surface area (Å²) in [5, 5.41) is 15.5. The number of pyridine rings is 1. The monoisotopic (exact) mass is 307 g/mol. The van der Waals surface area contributed by atoms with E-state index in [1.54, 1.807) is 6.20 Å². The van der Waals surface area contributed by atoms with Crippen molar-refractivity contribution >= 4 is 6.03 Å². The third-order valence-corrected chi connectivity index (χ3v) is 3.54. The van der Waals surface area contributed by atoms with E-state index in [1.165, 1.54) is 0 Å². The molecule has 2 amide bonds. The fraction of sp³-hybridized carbons (Fsp3) is 0.647. The van der Waals surface area contributed by atoms with E-state index >= 15 is 0 Å². The Morgan fingerprint density at radius 3 is 2.55 bits per heavy atom. The molecule has 0 aliphatic carbocycles. The number of rotatable bonds is 7. The Bertz CT molecular complexity index is 475.